The van der Waals surface area contributed by atoms with E-state index in [0.29, 0.717) is 19.0 Å². The van der Waals surface area contributed by atoms with E-state index < -0.39 is 10.0 Å². The first kappa shape index (κ1) is 22.2. The zero-order chi connectivity index (χ0) is 17.6. The number of hydrogen-bond acceptors (Lipinski definition) is 3. The summed E-state index contributed by atoms with van der Waals surface area (Å²) < 4.78 is 24.7. The molecule has 0 radical (unpaired) electrons. The first-order chi connectivity index (χ1) is 11.4. The molecule has 1 saturated heterocycles. The van der Waals surface area contributed by atoms with E-state index in [1.54, 1.807) is 11.4 Å². The highest BCUT2D eigenvalue weighted by molar-refractivity contribution is 14.0. The first-order valence-electron chi connectivity index (χ1n) is 8.31. The second-order valence-corrected chi connectivity index (χ2v) is 8.36. The number of halogens is 1. The minimum absolute atomic E-state index is 0. The Balaban J connectivity index is 0.00000312. The SMILES string of the molecule is CN=C(NCC1CCN(S(C)(=O)=O)CC1)N(C)Cc1ccccc1.I. The topological polar surface area (TPSA) is 65.0 Å². The lowest BCUT2D eigenvalue weighted by Gasteiger charge is -2.31. The Bertz CT molecular complexity index is 644. The number of guanidine groups is 1. The van der Waals surface area contributed by atoms with E-state index in [0.717, 1.165) is 31.9 Å². The van der Waals surface area contributed by atoms with Crippen molar-refractivity contribution in [3.8, 4) is 0 Å². The van der Waals surface area contributed by atoms with E-state index in [1.807, 2.05) is 25.2 Å². The number of piperidine rings is 1. The lowest BCUT2D eigenvalue weighted by Crippen LogP contribution is -2.44. The maximum atomic E-state index is 11.6. The summed E-state index contributed by atoms with van der Waals surface area (Å²) in [6, 6.07) is 10.3. The van der Waals surface area contributed by atoms with Gasteiger partial charge in [0.1, 0.15) is 0 Å². The Kier molecular flexibility index (Phi) is 9.15. The molecule has 1 N–H and O–H groups in total. The standard InChI is InChI=1S/C17H28N4O2S.HI/c1-18-17(20(2)14-16-7-5-4-6-8-16)19-13-15-9-11-21(12-10-15)24(3,22)23;/h4-8,15H,9-14H2,1-3H3,(H,18,19);1H. The highest BCUT2D eigenvalue weighted by Crippen LogP contribution is 2.18. The van der Waals surface area contributed by atoms with Crippen molar-refractivity contribution in [1.82, 2.24) is 14.5 Å². The Morgan fingerprint density at radius 1 is 1.28 bits per heavy atom. The third kappa shape index (κ3) is 7.10. The third-order valence-corrected chi connectivity index (χ3v) is 5.73. The smallest absolute Gasteiger partial charge is 0.211 e. The molecule has 0 amide bonds. The van der Waals surface area contributed by atoms with Crippen molar-refractivity contribution in [3.63, 3.8) is 0 Å². The molecule has 0 aromatic heterocycles. The van der Waals surface area contributed by atoms with E-state index in [1.165, 1.54) is 11.8 Å². The summed E-state index contributed by atoms with van der Waals surface area (Å²) >= 11 is 0. The fourth-order valence-corrected chi connectivity index (χ4v) is 3.87. The maximum absolute atomic E-state index is 11.6. The molecule has 1 fully saturated rings. The van der Waals surface area contributed by atoms with E-state index in [2.05, 4.69) is 27.3 Å². The summed E-state index contributed by atoms with van der Waals surface area (Å²) in [6.45, 7) is 2.85. The Morgan fingerprint density at radius 2 is 1.88 bits per heavy atom. The minimum atomic E-state index is -3.05. The maximum Gasteiger partial charge on any atom is 0.211 e. The van der Waals surface area contributed by atoms with Crippen LogP contribution in [0.1, 0.15) is 18.4 Å². The molecular weight excluding hydrogens is 451 g/mol. The number of benzene rings is 1. The van der Waals surface area contributed by atoms with Gasteiger partial charge in [0.2, 0.25) is 10.0 Å². The monoisotopic (exact) mass is 480 g/mol. The largest absolute Gasteiger partial charge is 0.356 e. The molecule has 1 heterocycles. The zero-order valence-electron chi connectivity index (χ0n) is 15.2. The molecule has 1 aromatic carbocycles. The van der Waals surface area contributed by atoms with Crippen molar-refractivity contribution < 1.29 is 8.42 Å². The van der Waals surface area contributed by atoms with Gasteiger partial charge in [0.05, 0.1) is 6.26 Å². The predicted octanol–water partition coefficient (Wildman–Crippen LogP) is 1.98. The zero-order valence-corrected chi connectivity index (χ0v) is 18.3. The Labute approximate surface area is 168 Å². The van der Waals surface area contributed by atoms with Gasteiger partial charge in [0.15, 0.2) is 5.96 Å². The lowest BCUT2D eigenvalue weighted by molar-refractivity contribution is 0.273. The number of nitrogens with one attached hydrogen (secondary N) is 1. The van der Waals surface area contributed by atoms with E-state index >= 15 is 0 Å². The normalized spacial score (nSPS) is 17.0. The second kappa shape index (κ2) is 10.3. The van der Waals surface area contributed by atoms with Gasteiger partial charge in [-0.05, 0) is 24.3 Å². The summed E-state index contributed by atoms with van der Waals surface area (Å²) in [5.74, 6) is 1.34. The average molecular weight is 480 g/mol. The van der Waals surface area contributed by atoms with Crippen LogP contribution in [0.15, 0.2) is 35.3 Å². The van der Waals surface area contributed by atoms with Crippen LogP contribution in [0, 0.1) is 5.92 Å². The molecule has 0 spiro atoms. The van der Waals surface area contributed by atoms with Gasteiger partial charge in [-0.1, -0.05) is 30.3 Å². The van der Waals surface area contributed by atoms with Crippen molar-refractivity contribution in [3.05, 3.63) is 35.9 Å². The van der Waals surface area contributed by atoms with Gasteiger partial charge in [-0.2, -0.15) is 0 Å². The number of aliphatic imine (C=N–C) groups is 1. The van der Waals surface area contributed by atoms with Gasteiger partial charge in [-0.3, -0.25) is 4.99 Å². The molecule has 6 nitrogen and oxygen atoms in total. The molecule has 25 heavy (non-hydrogen) atoms. The number of sulfonamides is 1. The molecule has 0 aliphatic carbocycles. The van der Waals surface area contributed by atoms with Gasteiger partial charge >= 0.3 is 0 Å². The van der Waals surface area contributed by atoms with Gasteiger partial charge in [0.25, 0.3) is 0 Å². The van der Waals surface area contributed by atoms with Crippen molar-refractivity contribution >= 4 is 40.0 Å². The number of hydrogen-bond donors (Lipinski definition) is 1. The van der Waals surface area contributed by atoms with Crippen LogP contribution in [-0.2, 0) is 16.6 Å². The molecule has 2 rings (SSSR count). The highest BCUT2D eigenvalue weighted by atomic mass is 127. The summed E-state index contributed by atoms with van der Waals surface area (Å²) in [6.07, 6.45) is 3.06. The Hall–Kier alpha value is -0.870. The number of rotatable bonds is 5. The summed E-state index contributed by atoms with van der Waals surface area (Å²) in [4.78, 5) is 6.45. The molecule has 8 heteroatoms. The molecule has 0 saturated carbocycles. The molecular formula is C17H29IN4O2S. The number of nitrogens with zero attached hydrogens (tertiary/aromatic N) is 3. The molecule has 1 aliphatic heterocycles. The van der Waals surface area contributed by atoms with E-state index in [9.17, 15) is 8.42 Å². The predicted molar refractivity (Wildman–Crippen MR) is 114 cm³/mol. The minimum Gasteiger partial charge on any atom is -0.356 e. The average Bonchev–Trinajstić information content (AvgIpc) is 2.56. The van der Waals surface area contributed by atoms with Crippen LogP contribution in [0.5, 0.6) is 0 Å². The van der Waals surface area contributed by atoms with Crippen molar-refractivity contribution in [2.75, 3.05) is 40.0 Å². The molecule has 0 bridgehead atoms. The van der Waals surface area contributed by atoms with Crippen LogP contribution in [0.4, 0.5) is 0 Å². The van der Waals surface area contributed by atoms with Gasteiger partial charge in [0, 0.05) is 40.3 Å². The quantitative estimate of drug-likeness (QED) is 0.398. The van der Waals surface area contributed by atoms with E-state index in [-0.39, 0.29) is 24.0 Å². The summed E-state index contributed by atoms with van der Waals surface area (Å²) in [5, 5.41) is 3.42. The van der Waals surface area contributed by atoms with Crippen molar-refractivity contribution in [2.45, 2.75) is 19.4 Å². The third-order valence-electron chi connectivity index (χ3n) is 4.43. The fourth-order valence-electron chi connectivity index (χ4n) is 3.00. The molecule has 1 aliphatic rings. The molecule has 0 unspecified atom stereocenters. The van der Waals surface area contributed by atoms with Crippen molar-refractivity contribution in [2.24, 2.45) is 10.9 Å². The van der Waals surface area contributed by atoms with E-state index in [4.69, 9.17) is 0 Å². The summed E-state index contributed by atoms with van der Waals surface area (Å²) in [5.41, 5.74) is 1.24. The summed E-state index contributed by atoms with van der Waals surface area (Å²) in [7, 11) is 0.758. The van der Waals surface area contributed by atoms with Crippen LogP contribution < -0.4 is 5.32 Å². The van der Waals surface area contributed by atoms with Crippen molar-refractivity contribution in [1.29, 1.82) is 0 Å². The van der Waals surface area contributed by atoms with Crippen LogP contribution in [0.2, 0.25) is 0 Å². The van der Waals surface area contributed by atoms with Gasteiger partial charge < -0.3 is 10.2 Å². The molecule has 0 atom stereocenters. The van der Waals surface area contributed by atoms with Gasteiger partial charge in [-0.15, -0.1) is 24.0 Å². The second-order valence-electron chi connectivity index (χ2n) is 6.38. The molecule has 1 aromatic rings. The first-order valence-corrected chi connectivity index (χ1v) is 10.2. The van der Waals surface area contributed by atoms with Gasteiger partial charge in [-0.25, -0.2) is 12.7 Å². The fraction of sp³-hybridized carbons (Fsp3) is 0.588. The lowest BCUT2D eigenvalue weighted by atomic mass is 9.98. The van der Waals surface area contributed by atoms with Crippen LogP contribution >= 0.6 is 24.0 Å². The van der Waals surface area contributed by atoms with Crippen LogP contribution in [0.3, 0.4) is 0 Å². The highest BCUT2D eigenvalue weighted by Gasteiger charge is 2.25. The van der Waals surface area contributed by atoms with Crippen LogP contribution in [0.25, 0.3) is 0 Å². The van der Waals surface area contributed by atoms with Crippen LogP contribution in [-0.4, -0.2) is 63.6 Å². The molecule has 142 valence electrons. The Morgan fingerprint density at radius 3 is 2.40 bits per heavy atom.